The number of carbonyl (C=O) groups is 1. The number of aliphatic hydroxyl groups excluding tert-OH is 1. The van der Waals surface area contributed by atoms with E-state index in [9.17, 15) is 9.90 Å². The van der Waals surface area contributed by atoms with Crippen molar-refractivity contribution in [2.75, 3.05) is 19.7 Å². The van der Waals surface area contributed by atoms with Gasteiger partial charge in [-0.15, -0.1) is 0 Å². The van der Waals surface area contributed by atoms with Gasteiger partial charge in [0, 0.05) is 29.1 Å². The minimum atomic E-state index is -0.843. The molecule has 2 N–H and O–H groups in total. The molecule has 1 saturated heterocycles. The third-order valence-electron chi connectivity index (χ3n) is 6.83. The molecule has 35 heavy (non-hydrogen) atoms. The number of aryl methyl sites for hydroxylation is 2. The molecule has 2 aromatic carbocycles. The predicted molar refractivity (Wildman–Crippen MR) is 142 cm³/mol. The Hall–Kier alpha value is -1.63. The van der Waals surface area contributed by atoms with E-state index in [0.29, 0.717) is 24.0 Å². The van der Waals surface area contributed by atoms with Crippen molar-refractivity contribution in [1.29, 1.82) is 0 Å². The molecule has 1 fully saturated rings. The van der Waals surface area contributed by atoms with Gasteiger partial charge in [-0.1, -0.05) is 55.2 Å². The molecule has 2 aromatic rings. The van der Waals surface area contributed by atoms with Crippen molar-refractivity contribution in [3.8, 4) is 0 Å². The minimum Gasteiger partial charge on any atom is -0.481 e. The molecule has 0 aliphatic carbocycles. The maximum absolute atomic E-state index is 11.1. The Bertz CT molecular complexity index is 983. The van der Waals surface area contributed by atoms with Crippen LogP contribution in [-0.2, 0) is 28.8 Å². The Kier molecular flexibility index (Phi) is 10.9. The van der Waals surface area contributed by atoms with Gasteiger partial charge in [0.1, 0.15) is 0 Å². The van der Waals surface area contributed by atoms with Crippen LogP contribution in [0.25, 0.3) is 0 Å². The molecule has 3 atom stereocenters. The number of β-amino-alcohol motifs (C(OH)–C–C–N with tert-alkyl or cyclic N) is 1. The van der Waals surface area contributed by atoms with Crippen LogP contribution in [0.5, 0.6) is 0 Å². The van der Waals surface area contributed by atoms with Crippen LogP contribution < -0.4 is 0 Å². The Morgan fingerprint density at radius 2 is 1.97 bits per heavy atom. The molecule has 1 aliphatic rings. The number of hydrogen-bond donors (Lipinski definition) is 2. The van der Waals surface area contributed by atoms with E-state index in [1.165, 1.54) is 11.1 Å². The van der Waals surface area contributed by atoms with Crippen molar-refractivity contribution < 1.29 is 19.7 Å². The van der Waals surface area contributed by atoms with E-state index in [1.807, 2.05) is 25.1 Å². The fourth-order valence-corrected chi connectivity index (χ4v) is 5.44. The summed E-state index contributed by atoms with van der Waals surface area (Å²) in [5.41, 5.74) is 4.29. The van der Waals surface area contributed by atoms with Gasteiger partial charge < -0.3 is 14.9 Å². The van der Waals surface area contributed by atoms with Crippen LogP contribution in [-0.4, -0.2) is 52.9 Å². The number of carboxylic acids is 1. The highest BCUT2D eigenvalue weighted by molar-refractivity contribution is 6.31. The number of benzene rings is 2. The number of aliphatic hydroxyl groups is 1. The number of rotatable bonds is 13. The standard InChI is InChI=1S/C28H37Cl2NO4/c1-3-20-14-19(7-11-26(20)30)15-23-6-5-13-31(23)17-24(32)18-35-27(4-2)25-10-9-22(29)16-21(25)8-12-28(33)34/h7,9-11,14,16,23-24,27,32H,3-6,8,12-13,15,17-18H2,1-2H3,(H,33,34)/t23-,24+,27+/m0/s1. The summed E-state index contributed by atoms with van der Waals surface area (Å²) in [6.45, 7) is 5.92. The zero-order valence-electron chi connectivity index (χ0n) is 20.7. The molecular weight excluding hydrogens is 485 g/mol. The average Bonchev–Trinajstić information content (AvgIpc) is 3.26. The van der Waals surface area contributed by atoms with Crippen LogP contribution in [0, 0.1) is 0 Å². The minimum absolute atomic E-state index is 0.0378. The SMILES string of the molecule is CCc1cc(C[C@@H]2CCCN2C[C@@H](O)CO[C@H](CC)c2ccc(Cl)cc2CCC(=O)O)ccc1Cl. The highest BCUT2D eigenvalue weighted by atomic mass is 35.5. The number of carboxylic acid groups (broad SMARTS) is 1. The van der Waals surface area contributed by atoms with Crippen LogP contribution >= 0.6 is 23.2 Å². The van der Waals surface area contributed by atoms with E-state index >= 15 is 0 Å². The molecule has 0 bridgehead atoms. The maximum Gasteiger partial charge on any atom is 0.303 e. The van der Waals surface area contributed by atoms with E-state index in [1.54, 1.807) is 6.07 Å². The Morgan fingerprint density at radius 1 is 1.17 bits per heavy atom. The zero-order chi connectivity index (χ0) is 25.4. The number of hydrogen-bond acceptors (Lipinski definition) is 4. The molecule has 3 rings (SSSR count). The van der Waals surface area contributed by atoms with E-state index < -0.39 is 12.1 Å². The summed E-state index contributed by atoms with van der Waals surface area (Å²) in [7, 11) is 0. The Balaban J connectivity index is 1.57. The average molecular weight is 523 g/mol. The Morgan fingerprint density at radius 3 is 2.69 bits per heavy atom. The van der Waals surface area contributed by atoms with Crippen molar-refractivity contribution in [3.63, 3.8) is 0 Å². The molecule has 192 valence electrons. The van der Waals surface area contributed by atoms with Gasteiger partial charge in [-0.05, 0) is 85.5 Å². The molecule has 0 radical (unpaired) electrons. The molecular formula is C28H37Cl2NO4. The first kappa shape index (κ1) is 27.9. The molecule has 1 heterocycles. The smallest absolute Gasteiger partial charge is 0.303 e. The molecule has 7 heteroatoms. The Labute approximate surface area is 219 Å². The quantitative estimate of drug-likeness (QED) is 0.332. The van der Waals surface area contributed by atoms with Crippen molar-refractivity contribution in [1.82, 2.24) is 4.90 Å². The fraction of sp³-hybridized carbons (Fsp3) is 0.536. The van der Waals surface area contributed by atoms with Gasteiger partial charge in [0.25, 0.3) is 0 Å². The summed E-state index contributed by atoms with van der Waals surface area (Å²) in [4.78, 5) is 13.4. The number of nitrogens with zero attached hydrogens (tertiary/aromatic N) is 1. The lowest BCUT2D eigenvalue weighted by Gasteiger charge is -2.28. The summed E-state index contributed by atoms with van der Waals surface area (Å²) in [5, 5.41) is 21.3. The lowest BCUT2D eigenvalue weighted by atomic mass is 9.97. The summed E-state index contributed by atoms with van der Waals surface area (Å²) in [6, 6.07) is 12.2. The first-order valence-electron chi connectivity index (χ1n) is 12.6. The lowest BCUT2D eigenvalue weighted by molar-refractivity contribution is -0.136. The second-order valence-corrected chi connectivity index (χ2v) is 10.2. The monoisotopic (exact) mass is 521 g/mol. The fourth-order valence-electron chi connectivity index (χ4n) is 4.99. The van der Waals surface area contributed by atoms with Crippen LogP contribution in [0.2, 0.25) is 10.0 Å². The van der Waals surface area contributed by atoms with Gasteiger partial charge >= 0.3 is 5.97 Å². The lowest BCUT2D eigenvalue weighted by Crippen LogP contribution is -2.39. The normalized spacial score (nSPS) is 18.0. The van der Waals surface area contributed by atoms with E-state index in [4.69, 9.17) is 33.0 Å². The third-order valence-corrected chi connectivity index (χ3v) is 7.43. The van der Waals surface area contributed by atoms with Gasteiger partial charge in [-0.25, -0.2) is 0 Å². The van der Waals surface area contributed by atoms with E-state index in [-0.39, 0.29) is 19.1 Å². The molecule has 0 spiro atoms. The molecule has 0 aromatic heterocycles. The first-order chi connectivity index (χ1) is 16.8. The highest BCUT2D eigenvalue weighted by Gasteiger charge is 2.27. The molecule has 0 amide bonds. The van der Waals surface area contributed by atoms with Crippen LogP contribution in [0.3, 0.4) is 0 Å². The van der Waals surface area contributed by atoms with Gasteiger partial charge in [0.05, 0.1) is 18.8 Å². The van der Waals surface area contributed by atoms with Crippen molar-refractivity contribution in [2.45, 2.75) is 77.0 Å². The maximum atomic E-state index is 11.1. The molecule has 0 saturated carbocycles. The van der Waals surface area contributed by atoms with Crippen molar-refractivity contribution >= 4 is 29.2 Å². The van der Waals surface area contributed by atoms with Crippen LogP contribution in [0.1, 0.15) is 67.9 Å². The predicted octanol–water partition coefficient (Wildman–Crippen LogP) is 6.11. The first-order valence-corrected chi connectivity index (χ1v) is 13.4. The van der Waals surface area contributed by atoms with Gasteiger partial charge in [-0.2, -0.15) is 0 Å². The van der Waals surface area contributed by atoms with Gasteiger partial charge in [-0.3, -0.25) is 9.69 Å². The largest absolute Gasteiger partial charge is 0.481 e. The highest BCUT2D eigenvalue weighted by Crippen LogP contribution is 2.29. The third kappa shape index (κ3) is 8.19. The topological polar surface area (TPSA) is 70.0 Å². The summed E-state index contributed by atoms with van der Waals surface area (Å²) in [6.07, 6.45) is 4.45. The molecule has 1 aliphatic heterocycles. The summed E-state index contributed by atoms with van der Waals surface area (Å²) >= 11 is 12.4. The summed E-state index contributed by atoms with van der Waals surface area (Å²) in [5.74, 6) is -0.843. The second-order valence-electron chi connectivity index (χ2n) is 9.40. The van der Waals surface area contributed by atoms with Crippen LogP contribution in [0.15, 0.2) is 36.4 Å². The van der Waals surface area contributed by atoms with E-state index in [2.05, 4.69) is 24.0 Å². The number of halogens is 2. The van der Waals surface area contributed by atoms with Crippen molar-refractivity contribution in [3.05, 3.63) is 68.7 Å². The number of likely N-dealkylation sites (tertiary alicyclic amines) is 1. The van der Waals surface area contributed by atoms with E-state index in [0.717, 1.165) is 54.8 Å². The zero-order valence-corrected chi connectivity index (χ0v) is 22.2. The van der Waals surface area contributed by atoms with Gasteiger partial charge in [0.2, 0.25) is 0 Å². The van der Waals surface area contributed by atoms with Crippen LogP contribution in [0.4, 0.5) is 0 Å². The molecule has 5 nitrogen and oxygen atoms in total. The summed E-state index contributed by atoms with van der Waals surface area (Å²) < 4.78 is 6.15. The molecule has 0 unspecified atom stereocenters. The number of ether oxygens (including phenoxy) is 1. The number of aliphatic carboxylic acids is 1. The second kappa shape index (κ2) is 13.6. The van der Waals surface area contributed by atoms with Gasteiger partial charge in [0.15, 0.2) is 0 Å². The van der Waals surface area contributed by atoms with Crippen molar-refractivity contribution in [2.24, 2.45) is 0 Å².